The zero-order chi connectivity index (χ0) is 14.8. The lowest BCUT2D eigenvalue weighted by Gasteiger charge is -2.00. The second-order valence-electron chi connectivity index (χ2n) is 4.82. The number of benzene rings is 2. The number of carbonyl (C=O) groups excluding carboxylic acids is 1. The van der Waals surface area contributed by atoms with Gasteiger partial charge in [-0.05, 0) is 43.3 Å². The van der Waals surface area contributed by atoms with E-state index in [1.54, 1.807) is 6.07 Å². The maximum Gasteiger partial charge on any atom is 0.208 e. The van der Waals surface area contributed by atoms with Crippen molar-refractivity contribution in [1.82, 2.24) is 0 Å². The summed E-state index contributed by atoms with van der Waals surface area (Å²) in [5.74, 6) is 0.136. The van der Waals surface area contributed by atoms with Gasteiger partial charge < -0.3 is 4.42 Å². The van der Waals surface area contributed by atoms with Crippen LogP contribution in [0.5, 0.6) is 0 Å². The van der Waals surface area contributed by atoms with Crippen LogP contribution in [0.1, 0.15) is 16.1 Å². The van der Waals surface area contributed by atoms with Crippen LogP contribution in [0.4, 0.5) is 4.39 Å². The minimum Gasteiger partial charge on any atom is -0.453 e. The van der Waals surface area contributed by atoms with Crippen LogP contribution in [0.3, 0.4) is 0 Å². The van der Waals surface area contributed by atoms with Gasteiger partial charge in [-0.15, -0.1) is 11.8 Å². The van der Waals surface area contributed by atoms with E-state index in [4.69, 9.17) is 4.42 Å². The Morgan fingerprint density at radius 2 is 2.05 bits per heavy atom. The molecule has 1 aromatic heterocycles. The normalized spacial score (nSPS) is 11.0. The van der Waals surface area contributed by atoms with Crippen LogP contribution in [0.25, 0.3) is 11.0 Å². The lowest BCUT2D eigenvalue weighted by atomic mass is 10.2. The Bertz CT molecular complexity index is 807. The molecule has 2 aromatic carbocycles. The number of aryl methyl sites for hydroxylation is 1. The second kappa shape index (κ2) is 5.74. The highest BCUT2D eigenvalue weighted by Gasteiger charge is 2.13. The third-order valence-corrected chi connectivity index (χ3v) is 4.11. The van der Waals surface area contributed by atoms with Crippen LogP contribution in [-0.2, 0) is 0 Å². The van der Waals surface area contributed by atoms with Crippen molar-refractivity contribution in [3.05, 3.63) is 65.7 Å². The summed E-state index contributed by atoms with van der Waals surface area (Å²) >= 11 is 1.47. The van der Waals surface area contributed by atoms with Crippen LogP contribution < -0.4 is 0 Å². The molecule has 0 aliphatic rings. The highest BCUT2D eigenvalue weighted by atomic mass is 32.2. The molecule has 21 heavy (non-hydrogen) atoms. The highest BCUT2D eigenvalue weighted by molar-refractivity contribution is 8.00. The number of carbonyl (C=O) groups is 1. The summed E-state index contributed by atoms with van der Waals surface area (Å²) in [5.41, 5.74) is 1.69. The van der Waals surface area contributed by atoms with Crippen molar-refractivity contribution >= 4 is 28.5 Å². The summed E-state index contributed by atoms with van der Waals surface area (Å²) in [7, 11) is 0. The molecular weight excluding hydrogens is 287 g/mol. The molecule has 0 radical (unpaired) electrons. The van der Waals surface area contributed by atoms with Crippen molar-refractivity contribution in [1.29, 1.82) is 0 Å². The number of rotatable bonds is 4. The maximum atomic E-state index is 13.1. The molecular formula is C17H13FO2S. The van der Waals surface area contributed by atoms with Gasteiger partial charge in [0.15, 0.2) is 5.76 Å². The average molecular weight is 300 g/mol. The van der Waals surface area contributed by atoms with E-state index in [9.17, 15) is 9.18 Å². The van der Waals surface area contributed by atoms with Gasteiger partial charge in [0.05, 0.1) is 5.75 Å². The minimum atomic E-state index is -0.337. The molecule has 106 valence electrons. The number of fused-ring (bicyclic) bond motifs is 1. The fourth-order valence-electron chi connectivity index (χ4n) is 2.08. The first-order valence-electron chi connectivity index (χ1n) is 6.53. The molecule has 0 fully saturated rings. The Morgan fingerprint density at radius 3 is 2.86 bits per heavy atom. The number of ketones is 1. The van der Waals surface area contributed by atoms with Gasteiger partial charge in [0.2, 0.25) is 5.78 Å². The number of thioether (sulfide) groups is 1. The zero-order valence-electron chi connectivity index (χ0n) is 11.4. The van der Waals surface area contributed by atoms with Gasteiger partial charge in [-0.1, -0.05) is 17.7 Å². The molecule has 0 saturated carbocycles. The van der Waals surface area contributed by atoms with Crippen molar-refractivity contribution in [2.45, 2.75) is 11.8 Å². The molecule has 4 heteroatoms. The van der Waals surface area contributed by atoms with Crippen molar-refractivity contribution < 1.29 is 13.6 Å². The SMILES string of the molecule is Cc1cccc(SCC(=O)c2cc3cc(F)ccc3o2)c1. The summed E-state index contributed by atoms with van der Waals surface area (Å²) in [4.78, 5) is 13.2. The average Bonchev–Trinajstić information content (AvgIpc) is 2.88. The Kier molecular flexibility index (Phi) is 3.80. The first-order chi connectivity index (χ1) is 10.1. The molecule has 0 unspecified atom stereocenters. The standard InChI is InChI=1S/C17H13FO2S/c1-11-3-2-4-14(7-11)21-10-15(19)17-9-12-8-13(18)5-6-16(12)20-17/h2-9H,10H2,1H3. The topological polar surface area (TPSA) is 30.2 Å². The molecule has 0 aliphatic heterocycles. The number of halogens is 1. The van der Waals surface area contributed by atoms with Crippen LogP contribution in [0.2, 0.25) is 0 Å². The Hall–Kier alpha value is -2.07. The van der Waals surface area contributed by atoms with Gasteiger partial charge >= 0.3 is 0 Å². The molecule has 1 heterocycles. The quantitative estimate of drug-likeness (QED) is 0.509. The first kappa shape index (κ1) is 13.9. The fraction of sp³-hybridized carbons (Fsp3) is 0.118. The van der Waals surface area contributed by atoms with E-state index in [0.29, 0.717) is 16.7 Å². The molecule has 0 aliphatic carbocycles. The number of hydrogen-bond acceptors (Lipinski definition) is 3. The minimum absolute atomic E-state index is 0.0990. The monoisotopic (exact) mass is 300 g/mol. The Morgan fingerprint density at radius 1 is 1.19 bits per heavy atom. The summed E-state index contributed by atoms with van der Waals surface area (Å²) in [5, 5.41) is 0.610. The predicted molar refractivity (Wildman–Crippen MR) is 82.4 cm³/mol. The smallest absolute Gasteiger partial charge is 0.208 e. The van der Waals surface area contributed by atoms with Crippen LogP contribution in [-0.4, -0.2) is 11.5 Å². The van der Waals surface area contributed by atoms with Gasteiger partial charge in [-0.2, -0.15) is 0 Å². The van der Waals surface area contributed by atoms with E-state index in [1.807, 2.05) is 31.2 Å². The van der Waals surface area contributed by atoms with Crippen molar-refractivity contribution in [3.8, 4) is 0 Å². The van der Waals surface area contributed by atoms with E-state index in [-0.39, 0.29) is 17.4 Å². The van der Waals surface area contributed by atoms with E-state index < -0.39 is 0 Å². The maximum absolute atomic E-state index is 13.1. The molecule has 3 rings (SSSR count). The second-order valence-corrected chi connectivity index (χ2v) is 5.87. The zero-order valence-corrected chi connectivity index (χ0v) is 12.2. The van der Waals surface area contributed by atoms with Crippen molar-refractivity contribution in [2.75, 3.05) is 5.75 Å². The van der Waals surface area contributed by atoms with Gasteiger partial charge in [0, 0.05) is 10.3 Å². The van der Waals surface area contributed by atoms with Gasteiger partial charge in [0.1, 0.15) is 11.4 Å². The summed E-state index contributed by atoms with van der Waals surface area (Å²) in [6.45, 7) is 2.01. The van der Waals surface area contributed by atoms with Crippen molar-refractivity contribution in [3.63, 3.8) is 0 Å². The first-order valence-corrected chi connectivity index (χ1v) is 7.52. The number of Topliss-reactive ketones (excluding diaryl/α,β-unsaturated/α-hetero) is 1. The summed E-state index contributed by atoms with van der Waals surface area (Å²) in [6, 6.07) is 13.8. The van der Waals surface area contributed by atoms with E-state index >= 15 is 0 Å². The van der Waals surface area contributed by atoms with Crippen molar-refractivity contribution in [2.24, 2.45) is 0 Å². The fourth-order valence-corrected chi connectivity index (χ4v) is 2.96. The van der Waals surface area contributed by atoms with Gasteiger partial charge in [-0.3, -0.25) is 4.79 Å². The largest absolute Gasteiger partial charge is 0.453 e. The van der Waals surface area contributed by atoms with Gasteiger partial charge in [0.25, 0.3) is 0 Å². The molecule has 2 nitrogen and oxygen atoms in total. The third-order valence-electron chi connectivity index (χ3n) is 3.11. The van der Waals surface area contributed by atoms with Gasteiger partial charge in [-0.25, -0.2) is 4.39 Å². The lowest BCUT2D eigenvalue weighted by molar-refractivity contribution is 0.0994. The third kappa shape index (κ3) is 3.16. The molecule has 3 aromatic rings. The Balaban J connectivity index is 1.74. The van der Waals surface area contributed by atoms with E-state index in [2.05, 4.69) is 0 Å². The molecule has 0 amide bonds. The number of hydrogen-bond donors (Lipinski definition) is 0. The molecule has 0 N–H and O–H groups in total. The van der Waals surface area contributed by atoms with E-state index in [0.717, 1.165) is 10.5 Å². The highest BCUT2D eigenvalue weighted by Crippen LogP contribution is 2.24. The molecule has 0 atom stereocenters. The number of furan rings is 1. The molecule has 0 bridgehead atoms. The Labute approximate surface area is 126 Å². The molecule has 0 spiro atoms. The lowest BCUT2D eigenvalue weighted by Crippen LogP contribution is -2.00. The van der Waals surface area contributed by atoms with E-state index in [1.165, 1.54) is 30.0 Å². The summed E-state index contributed by atoms with van der Waals surface area (Å²) < 4.78 is 18.6. The summed E-state index contributed by atoms with van der Waals surface area (Å²) in [6.07, 6.45) is 0. The van der Waals surface area contributed by atoms with Crippen LogP contribution >= 0.6 is 11.8 Å². The van der Waals surface area contributed by atoms with Crippen LogP contribution in [0, 0.1) is 12.7 Å². The van der Waals surface area contributed by atoms with Crippen LogP contribution in [0.15, 0.2) is 57.8 Å². The predicted octanol–water partition coefficient (Wildman–Crippen LogP) is 4.86. The molecule has 0 saturated heterocycles.